The number of rotatable bonds is 7. The number of halogens is 3. The molecule has 1 saturated heterocycles. The van der Waals surface area contributed by atoms with E-state index < -0.39 is 23.8 Å². The summed E-state index contributed by atoms with van der Waals surface area (Å²) in [6.07, 6.45) is -2.81. The molecule has 0 saturated carbocycles. The smallest absolute Gasteiger partial charge is 0.416 e. The fraction of sp³-hybridized carbons (Fsp3) is 0.286. The predicted octanol–water partition coefficient (Wildman–Crippen LogP) is 6.28. The first-order valence-electron chi connectivity index (χ1n) is 11.9. The van der Waals surface area contributed by atoms with Gasteiger partial charge in [0.25, 0.3) is 0 Å². The van der Waals surface area contributed by atoms with Crippen LogP contribution >= 0.6 is 0 Å². The molecule has 1 aliphatic heterocycles. The summed E-state index contributed by atoms with van der Waals surface area (Å²) < 4.78 is 49.4. The molecule has 1 aliphatic rings. The molecule has 4 rings (SSSR count). The Morgan fingerprint density at radius 3 is 1.92 bits per heavy atom. The van der Waals surface area contributed by atoms with E-state index in [0.717, 1.165) is 36.1 Å². The molecule has 0 atom stereocenters. The Labute approximate surface area is 212 Å². The highest BCUT2D eigenvalue weighted by molar-refractivity contribution is 5.87. The Hall–Kier alpha value is -4.01. The fourth-order valence-corrected chi connectivity index (χ4v) is 4.08. The third kappa shape index (κ3) is 7.25. The molecule has 0 bridgehead atoms. The zero-order valence-electron chi connectivity index (χ0n) is 19.9. The Morgan fingerprint density at radius 2 is 1.38 bits per heavy atom. The van der Waals surface area contributed by atoms with Crippen molar-refractivity contribution in [2.45, 2.75) is 25.4 Å². The minimum absolute atomic E-state index is 0.202. The van der Waals surface area contributed by atoms with Gasteiger partial charge in [0.2, 0.25) is 0 Å². The first-order valence-corrected chi connectivity index (χ1v) is 11.9. The second-order valence-electron chi connectivity index (χ2n) is 8.95. The van der Waals surface area contributed by atoms with Crippen molar-refractivity contribution >= 4 is 12.1 Å². The van der Waals surface area contributed by atoms with Crippen molar-refractivity contribution in [3.05, 3.63) is 95.1 Å². The molecule has 1 fully saturated rings. The van der Waals surface area contributed by atoms with E-state index in [-0.39, 0.29) is 11.5 Å². The van der Waals surface area contributed by atoms with E-state index >= 15 is 0 Å². The summed E-state index contributed by atoms with van der Waals surface area (Å²) in [7, 11) is 0. The number of hydrogen-bond acceptors (Lipinski definition) is 4. The molecule has 194 valence electrons. The van der Waals surface area contributed by atoms with Gasteiger partial charge >= 0.3 is 18.2 Å². The number of alkyl halides is 3. The summed E-state index contributed by atoms with van der Waals surface area (Å²) in [5.74, 6) is 0.289. The molecule has 3 aromatic carbocycles. The zero-order chi connectivity index (χ0) is 26.4. The van der Waals surface area contributed by atoms with Gasteiger partial charge in [0.05, 0.1) is 17.7 Å². The third-order valence-corrected chi connectivity index (χ3v) is 6.28. The van der Waals surface area contributed by atoms with Crippen LogP contribution in [-0.2, 0) is 12.6 Å². The van der Waals surface area contributed by atoms with Gasteiger partial charge in [-0.15, -0.1) is 0 Å². The van der Waals surface area contributed by atoms with Crippen LogP contribution in [0.1, 0.15) is 39.9 Å². The number of carbonyl (C=O) groups excluding carboxylic acids is 1. The second kappa shape index (κ2) is 11.4. The van der Waals surface area contributed by atoms with E-state index in [0.29, 0.717) is 37.6 Å². The van der Waals surface area contributed by atoms with Gasteiger partial charge in [-0.2, -0.15) is 13.2 Å². The number of carboxylic acids is 1. The van der Waals surface area contributed by atoms with Crippen LogP contribution in [0, 0.1) is 5.92 Å². The lowest BCUT2D eigenvalue weighted by molar-refractivity contribution is -0.137. The van der Waals surface area contributed by atoms with Crippen LogP contribution in [0.15, 0.2) is 72.8 Å². The lowest BCUT2D eigenvalue weighted by Gasteiger charge is -2.31. The number of hydrogen-bond donors (Lipinski definition) is 1. The van der Waals surface area contributed by atoms with Crippen LogP contribution in [0.3, 0.4) is 0 Å². The van der Waals surface area contributed by atoms with Gasteiger partial charge in [0.15, 0.2) is 0 Å². The van der Waals surface area contributed by atoms with E-state index in [9.17, 15) is 22.8 Å². The first kappa shape index (κ1) is 26.1. The molecule has 9 heteroatoms. The second-order valence-corrected chi connectivity index (χ2v) is 8.95. The molecule has 37 heavy (non-hydrogen) atoms. The third-order valence-electron chi connectivity index (χ3n) is 6.28. The van der Waals surface area contributed by atoms with Gasteiger partial charge in [0.1, 0.15) is 11.5 Å². The summed E-state index contributed by atoms with van der Waals surface area (Å²) >= 11 is 0. The number of nitrogens with zero attached hydrogens (tertiary/aromatic N) is 1. The summed E-state index contributed by atoms with van der Waals surface area (Å²) in [4.78, 5) is 25.1. The maximum absolute atomic E-state index is 12.7. The molecule has 1 amide bonds. The van der Waals surface area contributed by atoms with Crippen LogP contribution in [0.25, 0.3) is 0 Å². The van der Waals surface area contributed by atoms with Crippen LogP contribution in [0.5, 0.6) is 11.5 Å². The van der Waals surface area contributed by atoms with Crippen molar-refractivity contribution in [2.75, 3.05) is 19.7 Å². The Morgan fingerprint density at radius 1 is 0.838 bits per heavy atom. The van der Waals surface area contributed by atoms with Gasteiger partial charge < -0.3 is 19.5 Å². The van der Waals surface area contributed by atoms with Crippen molar-refractivity contribution in [3.63, 3.8) is 0 Å². The number of carboxylic acid groups (broad SMARTS) is 1. The average Bonchev–Trinajstić information content (AvgIpc) is 2.89. The van der Waals surface area contributed by atoms with E-state index in [1.165, 1.54) is 24.3 Å². The van der Waals surface area contributed by atoms with Crippen molar-refractivity contribution in [3.8, 4) is 11.5 Å². The largest absolute Gasteiger partial charge is 0.493 e. The molecule has 0 aliphatic carbocycles. The van der Waals surface area contributed by atoms with Crippen molar-refractivity contribution in [2.24, 2.45) is 5.92 Å². The summed E-state index contributed by atoms with van der Waals surface area (Å²) in [6, 6.07) is 18.2. The maximum Gasteiger partial charge on any atom is 0.416 e. The van der Waals surface area contributed by atoms with Gasteiger partial charge in [0, 0.05) is 13.1 Å². The molecule has 1 N–H and O–H groups in total. The molecule has 3 aromatic rings. The predicted molar refractivity (Wildman–Crippen MR) is 130 cm³/mol. The monoisotopic (exact) mass is 513 g/mol. The summed E-state index contributed by atoms with van der Waals surface area (Å²) in [5, 5.41) is 8.95. The van der Waals surface area contributed by atoms with Crippen LogP contribution in [0.2, 0.25) is 0 Å². The molecular formula is C28H26F3NO5. The average molecular weight is 514 g/mol. The van der Waals surface area contributed by atoms with Gasteiger partial charge in [-0.3, -0.25) is 0 Å². The minimum Gasteiger partial charge on any atom is -0.493 e. The highest BCUT2D eigenvalue weighted by Crippen LogP contribution is 2.29. The molecule has 0 spiro atoms. The molecule has 0 radical (unpaired) electrons. The molecule has 0 aromatic heterocycles. The normalized spacial score (nSPS) is 14.3. The van der Waals surface area contributed by atoms with Gasteiger partial charge in [-0.05, 0) is 84.8 Å². The summed E-state index contributed by atoms with van der Waals surface area (Å²) in [5.41, 5.74) is 1.16. The minimum atomic E-state index is -4.36. The quantitative estimate of drug-likeness (QED) is 0.402. The van der Waals surface area contributed by atoms with Gasteiger partial charge in [-0.25, -0.2) is 9.59 Å². The van der Waals surface area contributed by atoms with Crippen LogP contribution < -0.4 is 9.47 Å². The lowest BCUT2D eigenvalue weighted by atomic mass is 9.98. The van der Waals surface area contributed by atoms with Gasteiger partial charge in [-0.1, -0.05) is 24.3 Å². The van der Waals surface area contributed by atoms with E-state index in [4.69, 9.17) is 14.6 Å². The number of ether oxygens (including phenoxy) is 2. The van der Waals surface area contributed by atoms with Crippen molar-refractivity contribution < 1.29 is 37.3 Å². The number of piperidine rings is 1. The highest BCUT2D eigenvalue weighted by Gasteiger charge is 2.30. The number of likely N-dealkylation sites (tertiary alicyclic amines) is 1. The Kier molecular flexibility index (Phi) is 8.01. The number of carbonyl (C=O) groups is 2. The maximum atomic E-state index is 12.7. The summed E-state index contributed by atoms with van der Waals surface area (Å²) in [6.45, 7) is 1.56. The molecular weight excluding hydrogens is 487 g/mol. The number of aromatic carboxylic acids is 1. The van der Waals surface area contributed by atoms with Crippen LogP contribution in [-0.4, -0.2) is 41.8 Å². The SMILES string of the molecule is O=C(O)c1ccc(OCC2CCN(C(=O)Oc3ccc(Cc4ccc(C(F)(F)F)cc4)cc3)CC2)cc1. The molecule has 1 heterocycles. The number of amides is 1. The van der Waals surface area contributed by atoms with E-state index in [2.05, 4.69) is 0 Å². The number of benzene rings is 3. The topological polar surface area (TPSA) is 76.1 Å². The zero-order valence-corrected chi connectivity index (χ0v) is 19.9. The van der Waals surface area contributed by atoms with Crippen molar-refractivity contribution in [1.82, 2.24) is 4.90 Å². The molecule has 6 nitrogen and oxygen atoms in total. The van der Waals surface area contributed by atoms with Crippen LogP contribution in [0.4, 0.5) is 18.0 Å². The standard InChI is InChI=1S/C28H26F3NO5/c29-28(30,31)23-7-1-19(2-8-23)17-20-3-9-25(10-4-20)37-27(35)32-15-13-21(14-16-32)18-36-24-11-5-22(6-12-24)26(33)34/h1-12,21H,13-18H2,(H,33,34). The highest BCUT2D eigenvalue weighted by atomic mass is 19.4. The first-order chi connectivity index (χ1) is 17.7. The van der Waals surface area contributed by atoms with E-state index in [1.807, 2.05) is 0 Å². The fourth-order valence-electron chi connectivity index (χ4n) is 4.08. The van der Waals surface area contributed by atoms with Crippen molar-refractivity contribution in [1.29, 1.82) is 0 Å². The Bertz CT molecular complexity index is 1200. The van der Waals surface area contributed by atoms with E-state index in [1.54, 1.807) is 41.3 Å². The lowest BCUT2D eigenvalue weighted by Crippen LogP contribution is -2.41. The molecule has 0 unspecified atom stereocenters. The Balaban J connectivity index is 1.20.